The lowest BCUT2D eigenvalue weighted by Crippen LogP contribution is -2.36. The molecule has 0 saturated heterocycles. The molecule has 0 saturated carbocycles. The van der Waals surface area contributed by atoms with Crippen LogP contribution in [0.4, 0.5) is 0 Å². The highest BCUT2D eigenvalue weighted by Gasteiger charge is 2.41. The van der Waals surface area contributed by atoms with Crippen molar-refractivity contribution in [1.82, 2.24) is 0 Å². The first-order chi connectivity index (χ1) is 7.49. The van der Waals surface area contributed by atoms with E-state index in [0.717, 1.165) is 5.57 Å². The molecule has 0 N–H and O–H groups in total. The first-order valence-electron chi connectivity index (χ1n) is 5.24. The van der Waals surface area contributed by atoms with E-state index >= 15 is 0 Å². The Labute approximate surface area is 94.5 Å². The molecule has 3 heteroatoms. The Morgan fingerprint density at radius 1 is 1.31 bits per heavy atom. The molecule has 2 aliphatic rings. The van der Waals surface area contributed by atoms with Crippen molar-refractivity contribution in [3.8, 4) is 0 Å². The highest BCUT2D eigenvalue weighted by molar-refractivity contribution is 6.06. The summed E-state index contributed by atoms with van der Waals surface area (Å²) in [7, 11) is 1.47. The van der Waals surface area contributed by atoms with Crippen molar-refractivity contribution in [2.24, 2.45) is 11.3 Å². The van der Waals surface area contributed by atoms with Gasteiger partial charge in [-0.15, -0.1) is 0 Å². The van der Waals surface area contributed by atoms with Crippen LogP contribution in [-0.2, 0) is 14.3 Å². The van der Waals surface area contributed by atoms with E-state index < -0.39 is 5.41 Å². The molecule has 0 amide bonds. The molecule has 2 aliphatic carbocycles. The average Bonchev–Trinajstić information content (AvgIpc) is 2.26. The van der Waals surface area contributed by atoms with Gasteiger partial charge in [-0.2, -0.15) is 0 Å². The van der Waals surface area contributed by atoms with Gasteiger partial charge in [0.25, 0.3) is 0 Å². The fraction of sp³-hybridized carbons (Fsp3) is 0.385. The third-order valence-corrected chi connectivity index (χ3v) is 3.56. The Morgan fingerprint density at radius 2 is 2.00 bits per heavy atom. The second kappa shape index (κ2) is 3.44. The van der Waals surface area contributed by atoms with Gasteiger partial charge in [0.1, 0.15) is 0 Å². The van der Waals surface area contributed by atoms with Gasteiger partial charge in [-0.25, -0.2) is 0 Å². The van der Waals surface area contributed by atoms with E-state index in [2.05, 4.69) is 0 Å². The van der Waals surface area contributed by atoms with Gasteiger partial charge >= 0.3 is 0 Å². The number of carbonyl (C=O) groups excluding carboxylic acids is 2. The largest absolute Gasteiger partial charge is 0.493 e. The zero-order valence-electron chi connectivity index (χ0n) is 9.61. The van der Waals surface area contributed by atoms with Crippen LogP contribution in [0.2, 0.25) is 0 Å². The quantitative estimate of drug-likeness (QED) is 0.674. The maximum absolute atomic E-state index is 11.7. The number of hydrogen-bond donors (Lipinski definition) is 0. The van der Waals surface area contributed by atoms with Gasteiger partial charge in [-0.1, -0.05) is 19.9 Å². The van der Waals surface area contributed by atoms with E-state index in [0.29, 0.717) is 5.76 Å². The number of allylic oxidation sites excluding steroid dienone is 5. The fourth-order valence-corrected chi connectivity index (χ4v) is 2.17. The summed E-state index contributed by atoms with van der Waals surface area (Å²) in [6.07, 6.45) is 6.58. The Bertz CT molecular complexity index is 454. The first kappa shape index (κ1) is 10.9. The summed E-state index contributed by atoms with van der Waals surface area (Å²) in [5.74, 6) is 0.102. The van der Waals surface area contributed by atoms with Crippen LogP contribution in [0, 0.1) is 11.3 Å². The van der Waals surface area contributed by atoms with E-state index in [1.165, 1.54) is 13.2 Å². The summed E-state index contributed by atoms with van der Waals surface area (Å²) in [5, 5.41) is 0. The minimum Gasteiger partial charge on any atom is -0.493 e. The number of ether oxygens (including phenoxy) is 1. The number of methoxy groups -OCH3 is 1. The number of ketones is 2. The number of carbonyl (C=O) groups is 2. The predicted molar refractivity (Wildman–Crippen MR) is 59.6 cm³/mol. The van der Waals surface area contributed by atoms with Gasteiger partial charge in [0.15, 0.2) is 11.5 Å². The summed E-state index contributed by atoms with van der Waals surface area (Å²) in [6.45, 7) is 3.83. The molecule has 0 aromatic heterocycles. The Morgan fingerprint density at radius 3 is 2.62 bits per heavy atom. The van der Waals surface area contributed by atoms with Gasteiger partial charge in [-0.05, 0) is 23.8 Å². The molecule has 0 fully saturated rings. The van der Waals surface area contributed by atoms with Crippen molar-refractivity contribution >= 4 is 11.6 Å². The third-order valence-electron chi connectivity index (χ3n) is 3.56. The molecular formula is C13H14O3. The van der Waals surface area contributed by atoms with Crippen molar-refractivity contribution in [3.05, 3.63) is 35.6 Å². The first-order valence-corrected chi connectivity index (χ1v) is 5.24. The molecule has 0 aromatic rings. The monoisotopic (exact) mass is 218 g/mol. The standard InChI is InChI=1S/C13H14O3/c1-8-10(14)5-4-9-6-11(15)12(16-3)7-13(8,9)2/h4-8H,1-3H3/t8-,13-/m1/s1. The number of rotatable bonds is 1. The highest BCUT2D eigenvalue weighted by atomic mass is 16.5. The minimum atomic E-state index is -0.426. The van der Waals surface area contributed by atoms with Crippen molar-refractivity contribution in [2.75, 3.05) is 7.11 Å². The molecule has 0 bridgehead atoms. The Hall–Kier alpha value is -1.64. The maximum atomic E-state index is 11.7. The van der Waals surface area contributed by atoms with E-state index in [-0.39, 0.29) is 17.5 Å². The smallest absolute Gasteiger partial charge is 0.220 e. The molecule has 3 nitrogen and oxygen atoms in total. The third kappa shape index (κ3) is 1.35. The lowest BCUT2D eigenvalue weighted by molar-refractivity contribution is -0.121. The number of fused-ring (bicyclic) bond motifs is 1. The van der Waals surface area contributed by atoms with Crippen LogP contribution in [0.15, 0.2) is 35.6 Å². The van der Waals surface area contributed by atoms with E-state index in [4.69, 9.17) is 4.74 Å². The molecule has 2 atom stereocenters. The van der Waals surface area contributed by atoms with Crippen molar-refractivity contribution in [1.29, 1.82) is 0 Å². The second-order valence-electron chi connectivity index (χ2n) is 4.42. The van der Waals surface area contributed by atoms with Crippen LogP contribution < -0.4 is 0 Å². The average molecular weight is 218 g/mol. The predicted octanol–water partition coefficient (Wildman–Crippen LogP) is 1.81. The summed E-state index contributed by atoms with van der Waals surface area (Å²) in [6, 6.07) is 0. The summed E-state index contributed by atoms with van der Waals surface area (Å²) < 4.78 is 5.03. The van der Waals surface area contributed by atoms with Crippen molar-refractivity contribution in [2.45, 2.75) is 13.8 Å². The summed E-state index contributed by atoms with van der Waals surface area (Å²) in [4.78, 5) is 23.3. The molecule has 0 spiro atoms. The fourth-order valence-electron chi connectivity index (χ4n) is 2.17. The van der Waals surface area contributed by atoms with Gasteiger partial charge in [0.2, 0.25) is 5.78 Å². The normalized spacial score (nSPS) is 33.1. The molecule has 2 rings (SSSR count). The Kier molecular flexibility index (Phi) is 2.34. The van der Waals surface area contributed by atoms with Crippen molar-refractivity contribution in [3.63, 3.8) is 0 Å². The zero-order chi connectivity index (χ0) is 11.9. The minimum absolute atomic E-state index is 0.0840. The second-order valence-corrected chi connectivity index (χ2v) is 4.42. The van der Waals surface area contributed by atoms with Gasteiger partial charge in [0, 0.05) is 11.3 Å². The maximum Gasteiger partial charge on any atom is 0.220 e. The molecule has 0 unspecified atom stereocenters. The summed E-state index contributed by atoms with van der Waals surface area (Å²) >= 11 is 0. The van der Waals surface area contributed by atoms with Crippen molar-refractivity contribution < 1.29 is 14.3 Å². The van der Waals surface area contributed by atoms with Crippen LogP contribution in [0.5, 0.6) is 0 Å². The SMILES string of the molecule is COC1=C[C@@]2(C)C(=CC1=O)C=CC(=O)[C@H]2C. The zero-order valence-corrected chi connectivity index (χ0v) is 9.61. The summed E-state index contributed by atoms with van der Waals surface area (Å²) in [5.41, 5.74) is 0.454. The van der Waals surface area contributed by atoms with Gasteiger partial charge in [-0.3, -0.25) is 9.59 Å². The lowest BCUT2D eigenvalue weighted by Gasteiger charge is -2.37. The molecular weight excluding hydrogens is 204 g/mol. The molecule has 84 valence electrons. The highest BCUT2D eigenvalue weighted by Crippen LogP contribution is 2.44. The van der Waals surface area contributed by atoms with Gasteiger partial charge < -0.3 is 4.74 Å². The van der Waals surface area contributed by atoms with Crippen LogP contribution >= 0.6 is 0 Å². The van der Waals surface area contributed by atoms with Crippen LogP contribution in [0.25, 0.3) is 0 Å². The molecule has 0 radical (unpaired) electrons. The number of hydrogen-bond acceptors (Lipinski definition) is 3. The van der Waals surface area contributed by atoms with Gasteiger partial charge in [0.05, 0.1) is 7.11 Å². The molecule has 0 heterocycles. The van der Waals surface area contributed by atoms with E-state index in [1.54, 1.807) is 18.2 Å². The van der Waals surface area contributed by atoms with E-state index in [9.17, 15) is 9.59 Å². The lowest BCUT2D eigenvalue weighted by atomic mass is 9.65. The van der Waals surface area contributed by atoms with E-state index in [1.807, 2.05) is 13.8 Å². The molecule has 0 aromatic carbocycles. The molecule has 0 aliphatic heterocycles. The molecule has 16 heavy (non-hydrogen) atoms. The van der Waals surface area contributed by atoms with Crippen LogP contribution in [0.1, 0.15) is 13.8 Å². The topological polar surface area (TPSA) is 43.4 Å². The van der Waals surface area contributed by atoms with Crippen LogP contribution in [-0.4, -0.2) is 18.7 Å². The Balaban J connectivity index is 2.56. The van der Waals surface area contributed by atoms with Crippen LogP contribution in [0.3, 0.4) is 0 Å².